The summed E-state index contributed by atoms with van der Waals surface area (Å²) in [6.45, 7) is 2.84. The van der Waals surface area contributed by atoms with Crippen LogP contribution in [0, 0.1) is 17.8 Å². The number of halogens is 2. The summed E-state index contributed by atoms with van der Waals surface area (Å²) >= 11 is 12.1. The summed E-state index contributed by atoms with van der Waals surface area (Å²) in [6, 6.07) is 9.60. The Morgan fingerprint density at radius 3 is 2.74 bits per heavy atom. The molecule has 2 aliphatic rings. The molecule has 1 amide bonds. The first-order valence-corrected chi connectivity index (χ1v) is 9.93. The van der Waals surface area contributed by atoms with Crippen molar-refractivity contribution in [2.75, 3.05) is 24.5 Å². The van der Waals surface area contributed by atoms with Crippen LogP contribution in [-0.2, 0) is 4.79 Å². The van der Waals surface area contributed by atoms with Gasteiger partial charge in [-0.1, -0.05) is 29.3 Å². The molecule has 1 aliphatic carbocycles. The predicted octanol–water partition coefficient (Wildman–Crippen LogP) is 4.29. The van der Waals surface area contributed by atoms with Crippen LogP contribution >= 0.6 is 23.2 Å². The number of nitrogens with one attached hydrogen (secondary N) is 1. The van der Waals surface area contributed by atoms with E-state index in [1.165, 1.54) is 0 Å². The lowest BCUT2D eigenvalue weighted by molar-refractivity contribution is -0.116. The van der Waals surface area contributed by atoms with Crippen molar-refractivity contribution in [2.24, 2.45) is 17.8 Å². The van der Waals surface area contributed by atoms with Gasteiger partial charge in [0.1, 0.15) is 0 Å². The number of carbonyl (C=O) groups excluding carboxylic acids is 1. The second-order valence-corrected chi connectivity index (χ2v) is 8.01. The monoisotopic (exact) mass is 401 g/mol. The second kappa shape index (κ2) is 7.91. The number of hydrogen-bond donors (Lipinski definition) is 1. The van der Waals surface area contributed by atoms with Crippen molar-refractivity contribution in [1.82, 2.24) is 10.3 Å². The molecule has 1 aromatic heterocycles. The Kier molecular flexibility index (Phi) is 5.37. The van der Waals surface area contributed by atoms with Gasteiger partial charge in [0.15, 0.2) is 0 Å². The van der Waals surface area contributed by atoms with Crippen LogP contribution < -0.4 is 10.2 Å². The Balaban J connectivity index is 1.19. The average Bonchev–Trinajstić information content (AvgIpc) is 3.12. The molecule has 1 saturated carbocycles. The molecule has 4 rings (SSSR count). The fourth-order valence-corrected chi connectivity index (χ4v) is 4.33. The fourth-order valence-electron chi connectivity index (χ4n) is 4.04. The highest BCUT2D eigenvalue weighted by Gasteiger charge is 2.54. The number of anilines is 1. The molecule has 4 nitrogen and oxygen atoms in total. The Morgan fingerprint density at radius 1 is 1.22 bits per heavy atom. The van der Waals surface area contributed by atoms with E-state index >= 15 is 0 Å². The van der Waals surface area contributed by atoms with E-state index in [0.717, 1.165) is 49.1 Å². The molecule has 0 spiro atoms. The molecule has 2 aromatic rings. The van der Waals surface area contributed by atoms with Gasteiger partial charge >= 0.3 is 0 Å². The number of hydrogen-bond acceptors (Lipinski definition) is 3. The van der Waals surface area contributed by atoms with Crippen molar-refractivity contribution >= 4 is 40.9 Å². The first-order chi connectivity index (χ1) is 13.1. The summed E-state index contributed by atoms with van der Waals surface area (Å²) in [7, 11) is 0. The molecule has 1 aromatic carbocycles. The zero-order valence-corrected chi connectivity index (χ0v) is 16.3. The molecule has 1 aliphatic heterocycles. The summed E-state index contributed by atoms with van der Waals surface area (Å²) in [6.07, 6.45) is 7.83. The molecule has 1 unspecified atom stereocenters. The van der Waals surface area contributed by atoms with Crippen molar-refractivity contribution in [1.29, 1.82) is 0 Å². The maximum Gasteiger partial charge on any atom is 0.244 e. The Labute approximate surface area is 169 Å². The molecular weight excluding hydrogens is 381 g/mol. The van der Waals surface area contributed by atoms with Crippen LogP contribution in [0.2, 0.25) is 10.0 Å². The third kappa shape index (κ3) is 4.28. The highest BCUT2D eigenvalue weighted by Crippen LogP contribution is 2.54. The van der Waals surface area contributed by atoms with Gasteiger partial charge in [0.25, 0.3) is 0 Å². The topological polar surface area (TPSA) is 45.2 Å². The molecule has 0 radical (unpaired) electrons. The number of nitrogens with zero attached hydrogens (tertiary/aromatic N) is 2. The first-order valence-electron chi connectivity index (χ1n) is 9.18. The van der Waals surface area contributed by atoms with E-state index in [-0.39, 0.29) is 5.91 Å². The third-order valence-electron chi connectivity index (χ3n) is 5.53. The van der Waals surface area contributed by atoms with E-state index in [0.29, 0.717) is 16.0 Å². The first kappa shape index (κ1) is 18.3. The molecule has 1 saturated heterocycles. The van der Waals surface area contributed by atoms with Crippen molar-refractivity contribution in [3.63, 3.8) is 0 Å². The van der Waals surface area contributed by atoms with Crippen molar-refractivity contribution in [3.05, 3.63) is 64.4 Å². The van der Waals surface area contributed by atoms with E-state index in [1.54, 1.807) is 24.5 Å². The second-order valence-electron chi connectivity index (χ2n) is 7.19. The Morgan fingerprint density at radius 2 is 2.04 bits per heavy atom. The van der Waals surface area contributed by atoms with Crippen LogP contribution in [-0.4, -0.2) is 30.5 Å². The van der Waals surface area contributed by atoms with Crippen LogP contribution in [0.3, 0.4) is 0 Å². The van der Waals surface area contributed by atoms with Gasteiger partial charge in [-0.3, -0.25) is 9.78 Å². The number of piperidine rings is 1. The van der Waals surface area contributed by atoms with Crippen molar-refractivity contribution < 1.29 is 4.79 Å². The SMILES string of the molecule is O=C(/C=C/c1cccnc1)NCCC1[C@H]2CN(c3ccc(Cl)c(Cl)c3)C[C@@H]12. The van der Waals surface area contributed by atoms with Crippen LogP contribution in [0.5, 0.6) is 0 Å². The molecule has 2 fully saturated rings. The van der Waals surface area contributed by atoms with E-state index in [9.17, 15) is 4.79 Å². The number of fused-ring (bicyclic) bond motifs is 1. The van der Waals surface area contributed by atoms with Crippen LogP contribution in [0.15, 0.2) is 48.8 Å². The van der Waals surface area contributed by atoms with Gasteiger partial charge in [-0.15, -0.1) is 0 Å². The number of rotatable bonds is 6. The predicted molar refractivity (Wildman–Crippen MR) is 110 cm³/mol. The number of aromatic nitrogens is 1. The van der Waals surface area contributed by atoms with Gasteiger partial charge < -0.3 is 10.2 Å². The molecule has 140 valence electrons. The molecule has 1 N–H and O–H groups in total. The zero-order valence-electron chi connectivity index (χ0n) is 14.8. The minimum Gasteiger partial charge on any atom is -0.371 e. The normalized spacial score (nSPS) is 23.5. The largest absolute Gasteiger partial charge is 0.371 e. The third-order valence-corrected chi connectivity index (χ3v) is 6.27. The van der Waals surface area contributed by atoms with Crippen LogP contribution in [0.4, 0.5) is 5.69 Å². The maximum atomic E-state index is 11.9. The van der Waals surface area contributed by atoms with Gasteiger partial charge in [0.05, 0.1) is 10.0 Å². The van der Waals surface area contributed by atoms with Gasteiger partial charge in [0.2, 0.25) is 5.91 Å². The number of pyridine rings is 1. The summed E-state index contributed by atoms with van der Waals surface area (Å²) in [5, 5.41) is 4.18. The molecule has 2 heterocycles. The van der Waals surface area contributed by atoms with Crippen molar-refractivity contribution in [2.45, 2.75) is 6.42 Å². The molecule has 0 bridgehead atoms. The molecule has 27 heavy (non-hydrogen) atoms. The maximum absolute atomic E-state index is 11.9. The zero-order chi connectivity index (χ0) is 18.8. The van der Waals surface area contributed by atoms with Crippen molar-refractivity contribution in [3.8, 4) is 0 Å². The Hall–Kier alpha value is -2.04. The molecule has 6 heteroatoms. The standard InChI is InChI=1S/C21H21Cl2N3O/c22-19-5-4-15(10-20(19)23)26-12-17-16(18(17)13-26)7-9-25-21(27)6-3-14-2-1-8-24-11-14/h1-6,8,10-11,16-18H,7,9,12-13H2,(H,25,27)/b6-3+/t16?,17-,18+. The lowest BCUT2D eigenvalue weighted by Crippen LogP contribution is -2.26. The highest BCUT2D eigenvalue weighted by atomic mass is 35.5. The average molecular weight is 402 g/mol. The summed E-state index contributed by atoms with van der Waals surface area (Å²) in [5.41, 5.74) is 2.07. The highest BCUT2D eigenvalue weighted by molar-refractivity contribution is 6.42. The lowest BCUT2D eigenvalue weighted by atomic mass is 10.2. The van der Waals surface area contributed by atoms with E-state index in [2.05, 4.69) is 15.2 Å². The van der Waals surface area contributed by atoms with Gasteiger partial charge in [-0.05, 0) is 60.1 Å². The van der Waals surface area contributed by atoms with Gasteiger partial charge in [-0.2, -0.15) is 0 Å². The van der Waals surface area contributed by atoms with E-state index in [4.69, 9.17) is 23.2 Å². The fraction of sp³-hybridized carbons (Fsp3) is 0.333. The van der Waals surface area contributed by atoms with Gasteiger partial charge in [0, 0.05) is 43.8 Å². The van der Waals surface area contributed by atoms with Gasteiger partial charge in [-0.25, -0.2) is 0 Å². The van der Waals surface area contributed by atoms with Crippen LogP contribution in [0.25, 0.3) is 6.08 Å². The lowest BCUT2D eigenvalue weighted by Gasteiger charge is -2.22. The Bertz CT molecular complexity index is 844. The molecular formula is C21H21Cl2N3O. The minimum absolute atomic E-state index is 0.0536. The summed E-state index contributed by atoms with van der Waals surface area (Å²) in [4.78, 5) is 18.3. The number of benzene rings is 1. The minimum atomic E-state index is -0.0536. The molecule has 3 atom stereocenters. The van der Waals surface area contributed by atoms with E-state index in [1.807, 2.05) is 30.3 Å². The number of carbonyl (C=O) groups is 1. The van der Waals surface area contributed by atoms with E-state index < -0.39 is 0 Å². The number of amides is 1. The van der Waals surface area contributed by atoms with Crippen LogP contribution in [0.1, 0.15) is 12.0 Å². The summed E-state index contributed by atoms with van der Waals surface area (Å²) in [5.74, 6) is 2.11. The summed E-state index contributed by atoms with van der Waals surface area (Å²) < 4.78 is 0. The quantitative estimate of drug-likeness (QED) is 0.734. The smallest absolute Gasteiger partial charge is 0.244 e.